The fourth-order valence-corrected chi connectivity index (χ4v) is 6.54. The normalized spacial score (nSPS) is 19.7. The van der Waals surface area contributed by atoms with Crippen LogP contribution in [0.2, 0.25) is 0 Å². The van der Waals surface area contributed by atoms with E-state index >= 15 is 0 Å². The van der Waals surface area contributed by atoms with Gasteiger partial charge in [0.2, 0.25) is 5.89 Å². The van der Waals surface area contributed by atoms with Crippen molar-refractivity contribution >= 4 is 43.2 Å². The Kier molecular flexibility index (Phi) is 4.67. The van der Waals surface area contributed by atoms with Gasteiger partial charge in [-0.2, -0.15) is 13.2 Å². The third-order valence-corrected chi connectivity index (χ3v) is 7.88. The molecule has 12 heteroatoms. The van der Waals surface area contributed by atoms with Crippen molar-refractivity contribution in [2.24, 2.45) is 5.92 Å². The topological polar surface area (TPSA) is 86.0 Å². The van der Waals surface area contributed by atoms with Gasteiger partial charge in [-0.1, -0.05) is 0 Å². The monoisotopic (exact) mass is 435 g/mol. The summed E-state index contributed by atoms with van der Waals surface area (Å²) in [6, 6.07) is 3.42. The van der Waals surface area contributed by atoms with Crippen LogP contribution < -0.4 is 0 Å². The molecule has 1 fully saturated rings. The Hall–Kier alpha value is -1.66. The number of nitrogens with zero attached hydrogens (tertiary/aromatic N) is 3. The van der Waals surface area contributed by atoms with Crippen LogP contribution in [0.15, 0.2) is 32.2 Å². The van der Waals surface area contributed by atoms with Crippen LogP contribution in [0, 0.1) is 5.92 Å². The van der Waals surface area contributed by atoms with Gasteiger partial charge >= 0.3 is 6.18 Å². The molecule has 1 unspecified atom stereocenters. The Morgan fingerprint density at radius 2 is 2.11 bits per heavy atom. The Labute approximate surface area is 160 Å². The molecule has 0 aliphatic carbocycles. The summed E-state index contributed by atoms with van der Waals surface area (Å²) < 4.78 is 68.0. The van der Waals surface area contributed by atoms with Gasteiger partial charge in [0.15, 0.2) is 14.2 Å². The first-order chi connectivity index (χ1) is 12.7. The fraction of sp³-hybridized carbons (Fsp3) is 0.400. The van der Waals surface area contributed by atoms with E-state index in [2.05, 4.69) is 15.2 Å². The molecule has 0 N–H and O–H groups in total. The zero-order chi connectivity index (χ0) is 19.2. The van der Waals surface area contributed by atoms with E-state index in [0.717, 1.165) is 23.9 Å². The van der Waals surface area contributed by atoms with E-state index in [1.54, 1.807) is 0 Å². The lowest BCUT2D eigenvalue weighted by Crippen LogP contribution is -2.07. The van der Waals surface area contributed by atoms with Gasteiger partial charge in [0.25, 0.3) is 5.22 Å². The lowest BCUT2D eigenvalue weighted by Gasteiger charge is -2.04. The molecule has 6 nitrogen and oxygen atoms in total. The van der Waals surface area contributed by atoms with Gasteiger partial charge in [0.05, 0.1) is 27.3 Å². The van der Waals surface area contributed by atoms with Crippen LogP contribution in [0.1, 0.15) is 17.9 Å². The summed E-state index contributed by atoms with van der Waals surface area (Å²) in [7, 11) is -2.97. The number of rotatable bonds is 4. The first kappa shape index (κ1) is 18.7. The Bertz CT molecular complexity index is 1090. The van der Waals surface area contributed by atoms with Crippen molar-refractivity contribution in [1.82, 2.24) is 15.2 Å². The van der Waals surface area contributed by atoms with Crippen LogP contribution in [0.4, 0.5) is 13.2 Å². The summed E-state index contributed by atoms with van der Waals surface area (Å²) in [6.45, 7) is 0. The SMILES string of the molecule is O=S1(=O)CCC(Cc2nnc(Sc3nc4cc(C(F)(F)F)ccc4s3)o2)C1. The quantitative estimate of drug-likeness (QED) is 0.616. The standard InChI is InChI=1S/C15H12F3N3O3S3/c16-15(17,18)9-1-2-11-10(6-9)19-14(25-11)26-13-21-20-12(24-13)5-8-3-4-27(22,23)7-8/h1-2,6,8H,3-5,7H2. The summed E-state index contributed by atoms with van der Waals surface area (Å²) in [6.07, 6.45) is -3.45. The molecule has 2 aromatic heterocycles. The second-order valence-electron chi connectivity index (χ2n) is 6.20. The summed E-state index contributed by atoms with van der Waals surface area (Å²) in [5.74, 6) is 0.618. The number of hydrogen-bond donors (Lipinski definition) is 0. The highest BCUT2D eigenvalue weighted by atomic mass is 32.2. The summed E-state index contributed by atoms with van der Waals surface area (Å²) in [4.78, 5) is 4.19. The second kappa shape index (κ2) is 6.74. The van der Waals surface area contributed by atoms with E-state index in [9.17, 15) is 21.6 Å². The van der Waals surface area contributed by atoms with Gasteiger partial charge < -0.3 is 4.42 Å². The minimum atomic E-state index is -4.42. The van der Waals surface area contributed by atoms with Gasteiger partial charge in [-0.3, -0.25) is 0 Å². The van der Waals surface area contributed by atoms with Crippen molar-refractivity contribution in [1.29, 1.82) is 0 Å². The average Bonchev–Trinajstić information content (AvgIpc) is 3.25. The highest BCUT2D eigenvalue weighted by Gasteiger charge is 2.31. The largest absolute Gasteiger partial charge is 0.416 e. The molecule has 0 amide bonds. The summed E-state index contributed by atoms with van der Waals surface area (Å²) >= 11 is 2.30. The van der Waals surface area contributed by atoms with E-state index in [1.165, 1.54) is 17.4 Å². The zero-order valence-corrected chi connectivity index (χ0v) is 16.0. The van der Waals surface area contributed by atoms with Crippen molar-refractivity contribution < 1.29 is 26.0 Å². The molecule has 1 atom stereocenters. The lowest BCUT2D eigenvalue weighted by molar-refractivity contribution is -0.137. The molecule has 0 radical (unpaired) electrons. The van der Waals surface area contributed by atoms with E-state index in [1.807, 2.05) is 0 Å². The van der Waals surface area contributed by atoms with Crippen LogP contribution >= 0.6 is 23.1 Å². The van der Waals surface area contributed by atoms with Crippen LogP contribution in [-0.2, 0) is 22.4 Å². The molecule has 1 saturated heterocycles. The molecule has 1 aromatic carbocycles. The highest BCUT2D eigenvalue weighted by Crippen LogP contribution is 2.37. The Morgan fingerprint density at radius 3 is 2.81 bits per heavy atom. The van der Waals surface area contributed by atoms with Crippen molar-refractivity contribution in [3.8, 4) is 0 Å². The minimum Gasteiger partial charge on any atom is -0.416 e. The molecular formula is C15H12F3N3O3S3. The fourth-order valence-electron chi connectivity index (χ4n) is 2.84. The third-order valence-electron chi connectivity index (χ3n) is 4.11. The number of hydrogen-bond acceptors (Lipinski definition) is 8. The molecule has 27 heavy (non-hydrogen) atoms. The molecule has 0 spiro atoms. The second-order valence-corrected chi connectivity index (χ2v) is 10.7. The van der Waals surface area contributed by atoms with Crippen LogP contribution in [0.3, 0.4) is 0 Å². The predicted octanol–water partition coefficient (Wildman–Crippen LogP) is 3.83. The maximum atomic E-state index is 12.8. The average molecular weight is 435 g/mol. The van der Waals surface area contributed by atoms with Gasteiger partial charge in [-0.25, -0.2) is 13.4 Å². The maximum Gasteiger partial charge on any atom is 0.416 e. The highest BCUT2D eigenvalue weighted by molar-refractivity contribution is 8.00. The number of halogens is 3. The van der Waals surface area contributed by atoms with Crippen LogP contribution in [-0.4, -0.2) is 35.1 Å². The third kappa shape index (κ3) is 4.27. The number of sulfone groups is 1. The van der Waals surface area contributed by atoms with Gasteiger partial charge in [-0.15, -0.1) is 21.5 Å². The first-order valence-electron chi connectivity index (χ1n) is 7.86. The first-order valence-corrected chi connectivity index (χ1v) is 11.3. The molecule has 0 saturated carbocycles. The number of aromatic nitrogens is 3. The van der Waals surface area contributed by atoms with E-state index in [0.29, 0.717) is 27.8 Å². The summed E-state index contributed by atoms with van der Waals surface area (Å²) in [5.41, 5.74) is -0.489. The zero-order valence-electron chi connectivity index (χ0n) is 13.6. The van der Waals surface area contributed by atoms with Crippen molar-refractivity contribution in [3.63, 3.8) is 0 Å². The molecule has 3 heterocycles. The van der Waals surface area contributed by atoms with Gasteiger partial charge in [0.1, 0.15) is 0 Å². The Balaban J connectivity index is 1.47. The number of benzene rings is 1. The number of thiazole rings is 1. The minimum absolute atomic E-state index is 0.0310. The van der Waals surface area contributed by atoms with Gasteiger partial charge in [0, 0.05) is 18.2 Å². The smallest absolute Gasteiger partial charge is 0.416 e. The molecule has 1 aliphatic heterocycles. The van der Waals surface area contributed by atoms with Crippen molar-refractivity contribution in [3.05, 3.63) is 29.7 Å². The predicted molar refractivity (Wildman–Crippen MR) is 93.5 cm³/mol. The number of fused-ring (bicyclic) bond motifs is 1. The van der Waals surface area contributed by atoms with Gasteiger partial charge in [-0.05, 0) is 30.5 Å². The van der Waals surface area contributed by atoms with Crippen LogP contribution in [0.5, 0.6) is 0 Å². The van der Waals surface area contributed by atoms with E-state index in [4.69, 9.17) is 4.42 Å². The summed E-state index contributed by atoms with van der Waals surface area (Å²) in [5, 5.41) is 8.04. The number of alkyl halides is 3. The molecule has 4 rings (SSSR count). The molecule has 144 valence electrons. The van der Waals surface area contributed by atoms with Crippen molar-refractivity contribution in [2.45, 2.75) is 28.6 Å². The molecule has 1 aliphatic rings. The van der Waals surface area contributed by atoms with Crippen molar-refractivity contribution in [2.75, 3.05) is 11.5 Å². The van der Waals surface area contributed by atoms with Crippen LogP contribution in [0.25, 0.3) is 10.2 Å². The van der Waals surface area contributed by atoms with E-state index < -0.39 is 21.6 Å². The molecule has 0 bridgehead atoms. The Morgan fingerprint density at radius 1 is 1.30 bits per heavy atom. The lowest BCUT2D eigenvalue weighted by atomic mass is 10.1. The molecule has 3 aromatic rings. The molecular weight excluding hydrogens is 423 g/mol. The van der Waals surface area contributed by atoms with E-state index in [-0.39, 0.29) is 28.2 Å². The maximum absolute atomic E-state index is 12.8.